The summed E-state index contributed by atoms with van der Waals surface area (Å²) in [5, 5.41) is 8.99. The highest BCUT2D eigenvalue weighted by atomic mass is 16.3. The zero-order valence-corrected chi connectivity index (χ0v) is 7.11. The maximum Gasteiger partial charge on any atom is 0.256 e. The molecule has 1 heterocycles. The van der Waals surface area contributed by atoms with Crippen molar-refractivity contribution in [1.29, 1.82) is 0 Å². The molecule has 0 bridgehead atoms. The molecule has 1 atom stereocenters. The maximum atomic E-state index is 11.2. The van der Waals surface area contributed by atoms with Crippen LogP contribution in [0.1, 0.15) is 6.92 Å². The van der Waals surface area contributed by atoms with Crippen LogP contribution in [0.5, 0.6) is 0 Å². The highest BCUT2D eigenvalue weighted by Gasteiger charge is 2.15. The quantitative estimate of drug-likeness (QED) is 0.669. The van der Waals surface area contributed by atoms with E-state index in [1.54, 1.807) is 25.4 Å². The molecule has 2 N–H and O–H groups in total. The first kappa shape index (κ1) is 8.80. The molecule has 0 saturated carbocycles. The van der Waals surface area contributed by atoms with Gasteiger partial charge < -0.3 is 10.1 Å². The third kappa shape index (κ3) is 1.65. The molecule has 4 heteroatoms. The summed E-state index contributed by atoms with van der Waals surface area (Å²) in [5.41, 5.74) is 0. The van der Waals surface area contributed by atoms with Gasteiger partial charge in [0, 0.05) is 13.2 Å². The molecule has 4 nitrogen and oxygen atoms in total. The van der Waals surface area contributed by atoms with Crippen molar-refractivity contribution in [2.24, 2.45) is 0 Å². The lowest BCUT2D eigenvalue weighted by Gasteiger charge is -2.16. The number of rotatable bonds is 2. The van der Waals surface area contributed by atoms with Gasteiger partial charge in [-0.1, -0.05) is 0 Å². The van der Waals surface area contributed by atoms with E-state index in [0.717, 1.165) is 0 Å². The van der Waals surface area contributed by atoms with Crippen LogP contribution in [0.25, 0.3) is 0 Å². The van der Waals surface area contributed by atoms with Crippen LogP contribution >= 0.6 is 0 Å². The first-order valence-electron chi connectivity index (χ1n) is 3.72. The number of hydrogen-bond donors (Lipinski definition) is 2. The van der Waals surface area contributed by atoms with Gasteiger partial charge in [-0.25, -0.2) is 0 Å². The number of aliphatic hydroxyl groups excluding tert-OH is 1. The Morgan fingerprint density at radius 3 is 2.83 bits per heavy atom. The monoisotopic (exact) mass is 168 g/mol. The van der Waals surface area contributed by atoms with Crippen molar-refractivity contribution in [1.82, 2.24) is 4.98 Å². The van der Waals surface area contributed by atoms with Crippen LogP contribution in [-0.4, -0.2) is 29.1 Å². The second kappa shape index (κ2) is 3.40. The zero-order chi connectivity index (χ0) is 9.14. The fourth-order valence-corrected chi connectivity index (χ4v) is 0.928. The van der Waals surface area contributed by atoms with Gasteiger partial charge in [0.15, 0.2) is 0 Å². The predicted molar refractivity (Wildman–Crippen MR) is 45.9 cm³/mol. The van der Waals surface area contributed by atoms with E-state index in [4.69, 9.17) is 5.11 Å². The van der Waals surface area contributed by atoms with Gasteiger partial charge in [0.1, 0.15) is 11.9 Å². The van der Waals surface area contributed by atoms with Crippen molar-refractivity contribution in [3.8, 4) is 0 Å². The third-order valence-corrected chi connectivity index (χ3v) is 1.63. The molecule has 0 spiro atoms. The van der Waals surface area contributed by atoms with E-state index in [2.05, 4.69) is 4.98 Å². The SMILES string of the molecule is CC(O)C(=O)N(C)c1ccc[nH]1. The number of likely N-dealkylation sites (N-methyl/N-ethyl adjacent to an activating group) is 1. The first-order chi connectivity index (χ1) is 5.63. The summed E-state index contributed by atoms with van der Waals surface area (Å²) < 4.78 is 0. The average molecular weight is 168 g/mol. The number of nitrogens with one attached hydrogen (secondary N) is 1. The molecule has 1 rings (SSSR count). The number of hydrogen-bond acceptors (Lipinski definition) is 2. The molecule has 1 amide bonds. The van der Waals surface area contributed by atoms with E-state index in [9.17, 15) is 4.79 Å². The van der Waals surface area contributed by atoms with Gasteiger partial charge in [-0.3, -0.25) is 9.69 Å². The van der Waals surface area contributed by atoms with Crippen molar-refractivity contribution in [3.05, 3.63) is 18.3 Å². The minimum absolute atomic E-state index is 0.322. The molecule has 1 unspecified atom stereocenters. The van der Waals surface area contributed by atoms with E-state index in [1.165, 1.54) is 11.8 Å². The second-order valence-electron chi connectivity index (χ2n) is 2.63. The lowest BCUT2D eigenvalue weighted by atomic mass is 10.3. The highest BCUT2D eigenvalue weighted by Crippen LogP contribution is 2.08. The Bertz CT molecular complexity index is 254. The number of carbonyl (C=O) groups is 1. The lowest BCUT2D eigenvalue weighted by Crippen LogP contribution is -2.34. The number of anilines is 1. The van der Waals surface area contributed by atoms with E-state index < -0.39 is 6.10 Å². The minimum Gasteiger partial charge on any atom is -0.384 e. The standard InChI is InChI=1S/C8H12N2O2/c1-6(11)8(12)10(2)7-4-3-5-9-7/h3-6,9,11H,1-2H3. The largest absolute Gasteiger partial charge is 0.384 e. The summed E-state index contributed by atoms with van der Waals surface area (Å²) in [6.45, 7) is 1.45. The number of nitrogens with zero attached hydrogens (tertiary/aromatic N) is 1. The maximum absolute atomic E-state index is 11.2. The molecular weight excluding hydrogens is 156 g/mol. The molecule has 66 valence electrons. The minimum atomic E-state index is -0.960. The van der Waals surface area contributed by atoms with Crippen LogP contribution < -0.4 is 4.90 Å². The van der Waals surface area contributed by atoms with Crippen molar-refractivity contribution in [3.63, 3.8) is 0 Å². The summed E-state index contributed by atoms with van der Waals surface area (Å²) in [4.78, 5) is 15.4. The summed E-state index contributed by atoms with van der Waals surface area (Å²) in [5.74, 6) is 0.360. The van der Waals surface area contributed by atoms with Gasteiger partial charge in [-0.15, -0.1) is 0 Å². The Balaban J connectivity index is 2.72. The second-order valence-corrected chi connectivity index (χ2v) is 2.63. The molecule has 1 aromatic heterocycles. The molecule has 0 aliphatic rings. The highest BCUT2D eigenvalue weighted by molar-refractivity contribution is 5.94. The van der Waals surface area contributed by atoms with E-state index in [0.29, 0.717) is 5.82 Å². The van der Waals surface area contributed by atoms with Crippen molar-refractivity contribution < 1.29 is 9.90 Å². The first-order valence-corrected chi connectivity index (χ1v) is 3.72. The van der Waals surface area contributed by atoms with Crippen molar-refractivity contribution in [2.75, 3.05) is 11.9 Å². The van der Waals surface area contributed by atoms with Crippen LogP contribution in [0.3, 0.4) is 0 Å². The molecule has 0 fully saturated rings. The summed E-state index contributed by atoms with van der Waals surface area (Å²) in [6, 6.07) is 3.56. The normalized spacial score (nSPS) is 12.6. The van der Waals surface area contributed by atoms with Gasteiger partial charge in [0.05, 0.1) is 0 Å². The molecular formula is C8H12N2O2. The van der Waals surface area contributed by atoms with Gasteiger partial charge in [-0.05, 0) is 19.1 Å². The fourth-order valence-electron chi connectivity index (χ4n) is 0.928. The molecule has 12 heavy (non-hydrogen) atoms. The van der Waals surface area contributed by atoms with E-state index >= 15 is 0 Å². The predicted octanol–water partition coefficient (Wildman–Crippen LogP) is 0.358. The number of carbonyl (C=O) groups excluding carboxylic acids is 1. The lowest BCUT2D eigenvalue weighted by molar-refractivity contribution is -0.125. The zero-order valence-electron chi connectivity index (χ0n) is 7.11. The molecule has 1 aromatic rings. The Hall–Kier alpha value is -1.29. The molecule has 0 saturated heterocycles. The molecule has 0 aromatic carbocycles. The van der Waals surface area contributed by atoms with E-state index in [1.807, 2.05) is 0 Å². The van der Waals surface area contributed by atoms with Gasteiger partial charge in [-0.2, -0.15) is 0 Å². The van der Waals surface area contributed by atoms with Crippen molar-refractivity contribution in [2.45, 2.75) is 13.0 Å². The van der Waals surface area contributed by atoms with Crippen molar-refractivity contribution >= 4 is 11.7 Å². The Morgan fingerprint density at radius 1 is 1.75 bits per heavy atom. The van der Waals surface area contributed by atoms with Crippen LogP contribution in [0.15, 0.2) is 18.3 Å². The molecule has 0 aliphatic heterocycles. The number of amides is 1. The number of aromatic nitrogens is 1. The van der Waals surface area contributed by atoms with Gasteiger partial charge in [0.2, 0.25) is 0 Å². The fraction of sp³-hybridized carbons (Fsp3) is 0.375. The number of aliphatic hydroxyl groups is 1. The summed E-state index contributed by atoms with van der Waals surface area (Å²) >= 11 is 0. The number of aromatic amines is 1. The van der Waals surface area contributed by atoms with Crippen LogP contribution in [0, 0.1) is 0 Å². The number of H-pyrrole nitrogens is 1. The smallest absolute Gasteiger partial charge is 0.256 e. The van der Waals surface area contributed by atoms with Crippen LogP contribution in [0.2, 0.25) is 0 Å². The molecule has 0 radical (unpaired) electrons. The third-order valence-electron chi connectivity index (χ3n) is 1.63. The Morgan fingerprint density at radius 2 is 2.42 bits per heavy atom. The summed E-state index contributed by atoms with van der Waals surface area (Å²) in [6.07, 6.45) is 0.763. The van der Waals surface area contributed by atoms with Gasteiger partial charge in [0.25, 0.3) is 5.91 Å². The topological polar surface area (TPSA) is 56.3 Å². The summed E-state index contributed by atoms with van der Waals surface area (Å²) in [7, 11) is 1.61. The Labute approximate surface area is 70.8 Å². The molecule has 0 aliphatic carbocycles. The van der Waals surface area contributed by atoms with Crippen LogP contribution in [-0.2, 0) is 4.79 Å². The van der Waals surface area contributed by atoms with Crippen LogP contribution in [0.4, 0.5) is 5.82 Å². The Kier molecular flexibility index (Phi) is 2.50. The van der Waals surface area contributed by atoms with E-state index in [-0.39, 0.29) is 5.91 Å². The average Bonchev–Trinajstić information content (AvgIpc) is 2.53. The van der Waals surface area contributed by atoms with Gasteiger partial charge >= 0.3 is 0 Å².